The highest BCUT2D eigenvalue weighted by Crippen LogP contribution is 2.56. The molecular formula is C44H45N. The minimum Gasteiger partial charge on any atom is -0.309 e. The molecule has 45 heavy (non-hydrogen) atoms. The molecular weight excluding hydrogens is 542 g/mol. The average molecular weight is 588 g/mol. The van der Waals surface area contributed by atoms with Gasteiger partial charge in [0.2, 0.25) is 0 Å². The summed E-state index contributed by atoms with van der Waals surface area (Å²) in [5.74, 6) is 0. The van der Waals surface area contributed by atoms with Crippen molar-refractivity contribution in [2.45, 2.75) is 90.9 Å². The smallest absolute Gasteiger partial charge is 0.0544 e. The molecule has 0 atom stereocenters. The van der Waals surface area contributed by atoms with Crippen molar-refractivity contribution in [3.63, 3.8) is 0 Å². The van der Waals surface area contributed by atoms with Crippen LogP contribution in [0.1, 0.15) is 103 Å². The van der Waals surface area contributed by atoms with Gasteiger partial charge in [0.1, 0.15) is 0 Å². The summed E-state index contributed by atoms with van der Waals surface area (Å²) in [5.41, 5.74) is 17.9. The molecule has 1 heteroatoms. The number of nitrogens with zero attached hydrogens (tertiary/aromatic N) is 1. The van der Waals surface area contributed by atoms with Gasteiger partial charge in [-0.1, -0.05) is 136 Å². The molecule has 1 nitrogen and oxygen atoms in total. The van der Waals surface area contributed by atoms with Gasteiger partial charge in [-0.05, 0) is 85.2 Å². The first-order valence-corrected chi connectivity index (χ1v) is 16.6. The number of aromatic nitrogens is 1. The Bertz CT molecular complexity index is 2220. The quantitative estimate of drug-likeness (QED) is 0.180. The molecule has 8 rings (SSSR count). The Balaban J connectivity index is 1.51. The maximum Gasteiger partial charge on any atom is 0.0544 e. The Morgan fingerprint density at radius 1 is 0.511 bits per heavy atom. The van der Waals surface area contributed by atoms with Gasteiger partial charge in [-0.15, -0.1) is 0 Å². The van der Waals surface area contributed by atoms with E-state index in [-0.39, 0.29) is 21.7 Å². The molecule has 0 saturated carbocycles. The fourth-order valence-electron chi connectivity index (χ4n) is 8.62. The topological polar surface area (TPSA) is 4.93 Å². The third-order valence-electron chi connectivity index (χ3n) is 11.0. The lowest BCUT2D eigenvalue weighted by Gasteiger charge is -2.32. The van der Waals surface area contributed by atoms with Crippen LogP contribution >= 0.6 is 0 Å². The molecule has 0 fully saturated rings. The molecule has 0 unspecified atom stereocenters. The van der Waals surface area contributed by atoms with Gasteiger partial charge in [-0.25, -0.2) is 0 Å². The van der Waals surface area contributed by atoms with Gasteiger partial charge in [0.05, 0.1) is 16.7 Å². The predicted molar refractivity (Wildman–Crippen MR) is 193 cm³/mol. The lowest BCUT2D eigenvalue weighted by Crippen LogP contribution is -2.24. The van der Waals surface area contributed by atoms with Crippen molar-refractivity contribution in [2.75, 3.05) is 0 Å². The van der Waals surface area contributed by atoms with Crippen LogP contribution in [-0.2, 0) is 21.7 Å². The zero-order valence-electron chi connectivity index (χ0n) is 28.6. The van der Waals surface area contributed by atoms with Gasteiger partial charge in [0, 0.05) is 27.2 Å². The van der Waals surface area contributed by atoms with Crippen molar-refractivity contribution >= 4 is 21.8 Å². The zero-order valence-corrected chi connectivity index (χ0v) is 28.6. The maximum absolute atomic E-state index is 2.58. The summed E-state index contributed by atoms with van der Waals surface area (Å²) in [7, 11) is 0. The van der Waals surface area contributed by atoms with E-state index in [9.17, 15) is 0 Å². The second-order valence-electron chi connectivity index (χ2n) is 16.7. The van der Waals surface area contributed by atoms with E-state index in [4.69, 9.17) is 0 Å². The number of para-hydroxylation sites is 1. The Morgan fingerprint density at radius 3 is 1.93 bits per heavy atom. The summed E-state index contributed by atoms with van der Waals surface area (Å²) < 4.78 is 2.58. The van der Waals surface area contributed by atoms with Crippen molar-refractivity contribution in [2.24, 2.45) is 0 Å². The molecule has 0 saturated heterocycles. The second kappa shape index (κ2) is 8.79. The Kier molecular flexibility index (Phi) is 5.54. The van der Waals surface area contributed by atoms with Crippen LogP contribution in [0.25, 0.3) is 49.7 Å². The van der Waals surface area contributed by atoms with Gasteiger partial charge in [0.15, 0.2) is 0 Å². The summed E-state index contributed by atoms with van der Waals surface area (Å²) in [5, 5.41) is 2.64. The van der Waals surface area contributed by atoms with E-state index in [2.05, 4.69) is 165 Å². The van der Waals surface area contributed by atoms with E-state index < -0.39 is 0 Å². The second-order valence-corrected chi connectivity index (χ2v) is 16.7. The SMILES string of the molecule is CC(C)(C)c1cc2c(c(C(C)(C)C)c1)C(C)(C)c1cccc(-n3c4ccccc4c4cc5c(cc43)C(C)(C)c3ccccc3-5)c1-2. The standard InChI is InChI=1S/C44H45N/c1-41(2,3)26-22-31-39-33(44(9,10)40(31)35(23-26)42(4,5)6)19-15-21-37(39)45-36-20-14-12-17-28(36)30-24-29-27-16-11-13-18-32(27)43(7,8)34(29)25-38(30)45/h11-25H,1-10H3. The van der Waals surface area contributed by atoms with Crippen molar-refractivity contribution in [3.05, 3.63) is 124 Å². The van der Waals surface area contributed by atoms with Crippen LogP contribution in [0, 0.1) is 0 Å². The Labute approximate surface area is 268 Å². The number of rotatable bonds is 1. The normalized spacial score (nSPS) is 16.1. The largest absolute Gasteiger partial charge is 0.309 e. The summed E-state index contributed by atoms with van der Waals surface area (Å²) in [6.07, 6.45) is 0. The van der Waals surface area contributed by atoms with Crippen LogP contribution in [0.5, 0.6) is 0 Å². The fourth-order valence-corrected chi connectivity index (χ4v) is 8.62. The minimum atomic E-state index is -0.108. The number of fused-ring (bicyclic) bond motifs is 9. The minimum absolute atomic E-state index is 0.0266. The molecule has 2 aliphatic carbocycles. The first-order chi connectivity index (χ1) is 21.1. The van der Waals surface area contributed by atoms with Crippen LogP contribution in [0.15, 0.2) is 91.0 Å². The van der Waals surface area contributed by atoms with Gasteiger partial charge < -0.3 is 4.57 Å². The molecule has 0 N–H and O–H groups in total. The number of hydrogen-bond donors (Lipinski definition) is 0. The summed E-state index contributed by atoms with van der Waals surface area (Å²) in [4.78, 5) is 0. The average Bonchev–Trinajstić information content (AvgIpc) is 3.52. The van der Waals surface area contributed by atoms with Crippen molar-refractivity contribution in [3.8, 4) is 27.9 Å². The van der Waals surface area contributed by atoms with Crippen LogP contribution in [-0.4, -0.2) is 4.57 Å². The fraction of sp³-hybridized carbons (Fsp3) is 0.318. The Hall–Kier alpha value is -4.10. The van der Waals surface area contributed by atoms with Gasteiger partial charge in [-0.2, -0.15) is 0 Å². The Morgan fingerprint density at radius 2 is 1.20 bits per heavy atom. The van der Waals surface area contributed by atoms with Gasteiger partial charge >= 0.3 is 0 Å². The van der Waals surface area contributed by atoms with E-state index in [0.29, 0.717) is 0 Å². The summed E-state index contributed by atoms with van der Waals surface area (Å²) in [6, 6.07) is 35.0. The zero-order chi connectivity index (χ0) is 31.8. The molecule has 0 radical (unpaired) electrons. The third kappa shape index (κ3) is 3.73. The first kappa shape index (κ1) is 28.4. The van der Waals surface area contributed by atoms with Crippen molar-refractivity contribution in [1.82, 2.24) is 4.57 Å². The maximum atomic E-state index is 2.58. The molecule has 0 spiro atoms. The summed E-state index contributed by atoms with van der Waals surface area (Å²) in [6.45, 7) is 23.8. The lowest BCUT2D eigenvalue weighted by molar-refractivity contribution is 0.545. The lowest BCUT2D eigenvalue weighted by atomic mass is 9.71. The third-order valence-corrected chi connectivity index (χ3v) is 11.0. The molecule has 5 aromatic carbocycles. The highest BCUT2D eigenvalue weighted by Gasteiger charge is 2.42. The molecule has 226 valence electrons. The first-order valence-electron chi connectivity index (χ1n) is 16.6. The highest BCUT2D eigenvalue weighted by atomic mass is 15.0. The van der Waals surface area contributed by atoms with Crippen molar-refractivity contribution < 1.29 is 0 Å². The van der Waals surface area contributed by atoms with Crippen LogP contribution in [0.4, 0.5) is 0 Å². The molecule has 1 aromatic heterocycles. The molecule has 1 heterocycles. The van der Waals surface area contributed by atoms with Crippen LogP contribution < -0.4 is 0 Å². The van der Waals surface area contributed by atoms with E-state index >= 15 is 0 Å². The molecule has 0 bridgehead atoms. The van der Waals surface area contributed by atoms with E-state index in [1.54, 1.807) is 0 Å². The van der Waals surface area contributed by atoms with E-state index in [1.165, 1.54) is 83.1 Å². The number of hydrogen-bond acceptors (Lipinski definition) is 0. The van der Waals surface area contributed by atoms with Crippen LogP contribution in [0.3, 0.4) is 0 Å². The number of benzene rings is 5. The molecule has 0 aliphatic heterocycles. The molecule has 0 amide bonds. The van der Waals surface area contributed by atoms with E-state index in [0.717, 1.165) is 0 Å². The van der Waals surface area contributed by atoms with Gasteiger partial charge in [0.25, 0.3) is 0 Å². The highest BCUT2D eigenvalue weighted by molar-refractivity contribution is 6.12. The van der Waals surface area contributed by atoms with E-state index in [1.807, 2.05) is 0 Å². The molecule has 6 aromatic rings. The summed E-state index contributed by atoms with van der Waals surface area (Å²) >= 11 is 0. The monoisotopic (exact) mass is 587 g/mol. The van der Waals surface area contributed by atoms with Gasteiger partial charge in [-0.3, -0.25) is 0 Å². The van der Waals surface area contributed by atoms with Crippen molar-refractivity contribution in [1.29, 1.82) is 0 Å². The predicted octanol–water partition coefficient (Wildman–Crippen LogP) is 12.0. The molecule has 2 aliphatic rings. The van der Waals surface area contributed by atoms with Crippen LogP contribution in [0.2, 0.25) is 0 Å².